The highest BCUT2D eigenvalue weighted by atomic mass is 19.1. The lowest BCUT2D eigenvalue weighted by Crippen LogP contribution is -2.31. The molecule has 1 aliphatic heterocycles. The van der Waals surface area contributed by atoms with Gasteiger partial charge in [0.25, 0.3) is 0 Å². The quantitative estimate of drug-likeness (QED) is 0.552. The van der Waals surface area contributed by atoms with Crippen LogP contribution in [0.5, 0.6) is 0 Å². The molecule has 1 fully saturated rings. The lowest BCUT2D eigenvalue weighted by atomic mass is 10.2. The second-order valence-electron chi connectivity index (χ2n) is 2.01. The summed E-state index contributed by atoms with van der Waals surface area (Å²) in [4.78, 5) is 18.3. The van der Waals surface area contributed by atoms with Crippen molar-refractivity contribution in [2.45, 2.75) is 25.3 Å². The average Bonchev–Trinajstić information content (AvgIpc) is 1.88. The van der Waals surface area contributed by atoms with Crippen molar-refractivity contribution in [3.63, 3.8) is 0 Å². The molecule has 2 atom stereocenters. The fraction of sp³-hybridized carbons (Fsp3) is 0.800. The number of rotatable bonds is 1. The zero-order chi connectivity index (χ0) is 7.56. The predicted octanol–water partition coefficient (Wildman–Crippen LogP) is 0.477. The molecule has 0 aromatic rings. The van der Waals surface area contributed by atoms with E-state index in [2.05, 4.69) is 9.78 Å². The minimum Gasteiger partial charge on any atom is -0.479 e. The Morgan fingerprint density at radius 2 is 2.20 bits per heavy atom. The van der Waals surface area contributed by atoms with Crippen molar-refractivity contribution in [1.82, 2.24) is 0 Å². The summed E-state index contributed by atoms with van der Waals surface area (Å²) in [5, 5.41) is 8.30. The first kappa shape index (κ1) is 7.43. The van der Waals surface area contributed by atoms with Gasteiger partial charge in [-0.2, -0.15) is 4.89 Å². The number of hydrogen-bond donors (Lipinski definition) is 1. The summed E-state index contributed by atoms with van der Waals surface area (Å²) in [6.07, 6.45) is -2.24. The van der Waals surface area contributed by atoms with E-state index < -0.39 is 18.4 Å². The monoisotopic (exact) mass is 150 g/mol. The number of carboxylic acids is 1. The first-order valence-corrected chi connectivity index (χ1v) is 2.89. The Morgan fingerprint density at radius 3 is 2.60 bits per heavy atom. The van der Waals surface area contributed by atoms with E-state index in [9.17, 15) is 9.18 Å². The second-order valence-corrected chi connectivity index (χ2v) is 2.01. The lowest BCUT2D eigenvalue weighted by Gasteiger charge is -2.19. The molecule has 0 amide bonds. The minimum absolute atomic E-state index is 0.0803. The minimum atomic E-state index is -1.48. The van der Waals surface area contributed by atoms with Gasteiger partial charge in [-0.25, -0.2) is 14.1 Å². The van der Waals surface area contributed by atoms with Crippen molar-refractivity contribution in [3.05, 3.63) is 0 Å². The Morgan fingerprint density at radius 1 is 1.50 bits per heavy atom. The summed E-state index contributed by atoms with van der Waals surface area (Å²) >= 11 is 0. The van der Waals surface area contributed by atoms with E-state index in [0.29, 0.717) is 0 Å². The van der Waals surface area contributed by atoms with Gasteiger partial charge in [-0.05, 0) is 6.42 Å². The molecular weight excluding hydrogens is 143 g/mol. The Kier molecular flexibility index (Phi) is 2.18. The topological polar surface area (TPSA) is 55.8 Å². The fourth-order valence-corrected chi connectivity index (χ4v) is 0.671. The third-order valence-corrected chi connectivity index (χ3v) is 1.21. The van der Waals surface area contributed by atoms with Crippen LogP contribution in [-0.4, -0.2) is 23.5 Å². The molecule has 0 radical (unpaired) electrons. The van der Waals surface area contributed by atoms with Crippen molar-refractivity contribution in [3.8, 4) is 0 Å². The normalized spacial score (nSPS) is 33.7. The summed E-state index contributed by atoms with van der Waals surface area (Å²) in [6.45, 7) is 0. The molecule has 0 spiro atoms. The molecule has 1 aliphatic rings. The molecular formula is C5H7FO4. The van der Waals surface area contributed by atoms with Crippen molar-refractivity contribution in [1.29, 1.82) is 0 Å². The molecule has 10 heavy (non-hydrogen) atoms. The number of hydrogen-bond acceptors (Lipinski definition) is 3. The van der Waals surface area contributed by atoms with Crippen LogP contribution >= 0.6 is 0 Å². The molecule has 58 valence electrons. The van der Waals surface area contributed by atoms with Crippen LogP contribution in [0.4, 0.5) is 4.39 Å². The van der Waals surface area contributed by atoms with Gasteiger partial charge in [-0.1, -0.05) is 0 Å². The highest BCUT2D eigenvalue weighted by Crippen LogP contribution is 2.16. The highest BCUT2D eigenvalue weighted by Gasteiger charge is 2.27. The van der Waals surface area contributed by atoms with Crippen LogP contribution in [0, 0.1) is 0 Å². The molecule has 2 unspecified atom stereocenters. The maximum Gasteiger partial charge on any atom is 0.336 e. The number of carbonyl (C=O) groups is 1. The highest BCUT2D eigenvalue weighted by molar-refractivity contribution is 5.72. The second kappa shape index (κ2) is 2.94. The van der Waals surface area contributed by atoms with Crippen molar-refractivity contribution in [2.24, 2.45) is 0 Å². The number of aliphatic carboxylic acids is 1. The zero-order valence-corrected chi connectivity index (χ0v) is 5.12. The molecule has 0 aliphatic carbocycles. The van der Waals surface area contributed by atoms with E-state index in [0.717, 1.165) is 0 Å². The summed E-state index contributed by atoms with van der Waals surface area (Å²) in [7, 11) is 0. The first-order chi connectivity index (χ1) is 4.70. The number of alkyl halides is 1. The summed E-state index contributed by atoms with van der Waals surface area (Å²) in [6, 6.07) is 0. The van der Waals surface area contributed by atoms with Gasteiger partial charge in [-0.15, -0.1) is 0 Å². The summed E-state index contributed by atoms with van der Waals surface area (Å²) in [5.74, 6) is -1.12. The van der Waals surface area contributed by atoms with Gasteiger partial charge in [0.2, 0.25) is 6.36 Å². The van der Waals surface area contributed by atoms with Crippen molar-refractivity contribution in [2.75, 3.05) is 0 Å². The molecule has 1 N–H and O–H groups in total. The molecule has 1 saturated heterocycles. The van der Waals surface area contributed by atoms with E-state index in [-0.39, 0.29) is 12.8 Å². The zero-order valence-electron chi connectivity index (χ0n) is 5.12. The number of halogens is 1. The van der Waals surface area contributed by atoms with Crippen molar-refractivity contribution >= 4 is 5.97 Å². The summed E-state index contributed by atoms with van der Waals surface area (Å²) < 4.78 is 12.1. The first-order valence-electron chi connectivity index (χ1n) is 2.89. The van der Waals surface area contributed by atoms with Gasteiger partial charge in [0, 0.05) is 6.42 Å². The molecule has 0 aromatic heterocycles. The molecule has 0 saturated carbocycles. The molecule has 5 heteroatoms. The van der Waals surface area contributed by atoms with E-state index in [1.54, 1.807) is 0 Å². The SMILES string of the molecule is O=C(O)C1CCC(F)OO1. The fourth-order valence-electron chi connectivity index (χ4n) is 0.671. The van der Waals surface area contributed by atoms with E-state index in [1.165, 1.54) is 0 Å². The van der Waals surface area contributed by atoms with E-state index >= 15 is 0 Å². The van der Waals surface area contributed by atoms with Crippen LogP contribution in [0.2, 0.25) is 0 Å². The Labute approximate surface area is 56.5 Å². The van der Waals surface area contributed by atoms with E-state index in [4.69, 9.17) is 5.11 Å². The van der Waals surface area contributed by atoms with Gasteiger partial charge < -0.3 is 5.11 Å². The molecule has 1 rings (SSSR count). The molecule has 0 aromatic carbocycles. The van der Waals surface area contributed by atoms with Crippen molar-refractivity contribution < 1.29 is 24.1 Å². The Hall–Kier alpha value is -0.680. The molecule has 1 heterocycles. The maximum absolute atomic E-state index is 12.1. The van der Waals surface area contributed by atoms with Crippen LogP contribution in [0.3, 0.4) is 0 Å². The average molecular weight is 150 g/mol. The van der Waals surface area contributed by atoms with Crippen LogP contribution in [0.15, 0.2) is 0 Å². The molecule has 0 bridgehead atoms. The smallest absolute Gasteiger partial charge is 0.336 e. The van der Waals surface area contributed by atoms with Gasteiger partial charge in [-0.3, -0.25) is 0 Å². The maximum atomic E-state index is 12.1. The molecule has 4 nitrogen and oxygen atoms in total. The van der Waals surface area contributed by atoms with Gasteiger partial charge in [0.05, 0.1) is 0 Å². The van der Waals surface area contributed by atoms with Crippen LogP contribution in [0.25, 0.3) is 0 Å². The van der Waals surface area contributed by atoms with Crippen LogP contribution in [-0.2, 0) is 14.6 Å². The third-order valence-electron chi connectivity index (χ3n) is 1.21. The van der Waals surface area contributed by atoms with Crippen LogP contribution in [0.1, 0.15) is 12.8 Å². The Balaban J connectivity index is 2.33. The standard InChI is InChI=1S/C5H7FO4/c6-4-2-1-3(5(7)8)9-10-4/h3-4H,1-2H2,(H,7,8). The third kappa shape index (κ3) is 1.65. The van der Waals surface area contributed by atoms with E-state index in [1.807, 2.05) is 0 Å². The van der Waals surface area contributed by atoms with Gasteiger partial charge >= 0.3 is 5.97 Å². The van der Waals surface area contributed by atoms with Gasteiger partial charge in [0.15, 0.2) is 6.10 Å². The predicted molar refractivity (Wildman–Crippen MR) is 27.7 cm³/mol. The van der Waals surface area contributed by atoms with Gasteiger partial charge in [0.1, 0.15) is 0 Å². The lowest BCUT2D eigenvalue weighted by molar-refractivity contribution is -0.392. The largest absolute Gasteiger partial charge is 0.479 e. The Bertz CT molecular complexity index is 130. The van der Waals surface area contributed by atoms with Crippen LogP contribution < -0.4 is 0 Å². The summed E-state index contributed by atoms with van der Waals surface area (Å²) in [5.41, 5.74) is 0. The number of carboxylic acid groups (broad SMARTS) is 1.